The van der Waals surface area contributed by atoms with Crippen LogP contribution in [0.3, 0.4) is 0 Å². The van der Waals surface area contributed by atoms with E-state index in [0.717, 1.165) is 0 Å². The molecule has 3 aromatic rings. The smallest absolute Gasteiger partial charge is 0.167 e. The number of benzene rings is 1. The summed E-state index contributed by atoms with van der Waals surface area (Å²) in [6.45, 7) is -0.416. The van der Waals surface area contributed by atoms with Crippen molar-refractivity contribution in [1.82, 2.24) is 19.5 Å². The van der Waals surface area contributed by atoms with Gasteiger partial charge in [0.2, 0.25) is 0 Å². The number of fused-ring (bicyclic) bond motifs is 1. The summed E-state index contributed by atoms with van der Waals surface area (Å²) in [5, 5.41) is 33.4. The SMILES string of the molecule is OC[C@H]1O[C@@H](n2cnc3c(Nc4ccc(Cl)c(Cl)c4)ncnc32)[C@H](O)[C@@H]1O. The average Bonchev–Trinajstić information content (AvgIpc) is 3.21. The minimum atomic E-state index is -1.24. The molecule has 1 saturated heterocycles. The summed E-state index contributed by atoms with van der Waals surface area (Å²) < 4.78 is 7.02. The van der Waals surface area contributed by atoms with Gasteiger partial charge in [-0.2, -0.15) is 0 Å². The van der Waals surface area contributed by atoms with Crippen molar-refractivity contribution in [2.45, 2.75) is 24.5 Å². The highest BCUT2D eigenvalue weighted by Crippen LogP contribution is 2.33. The van der Waals surface area contributed by atoms with E-state index in [2.05, 4.69) is 20.3 Å². The summed E-state index contributed by atoms with van der Waals surface area (Å²) in [4.78, 5) is 12.7. The van der Waals surface area contributed by atoms with Crippen molar-refractivity contribution in [1.29, 1.82) is 0 Å². The molecular weight excluding hydrogens is 397 g/mol. The normalized spacial score (nSPS) is 25.2. The van der Waals surface area contributed by atoms with Crippen LogP contribution in [-0.4, -0.2) is 59.8 Å². The molecule has 1 aliphatic heterocycles. The number of rotatable bonds is 4. The van der Waals surface area contributed by atoms with Gasteiger partial charge in [-0.25, -0.2) is 15.0 Å². The third kappa shape index (κ3) is 3.22. The zero-order valence-electron chi connectivity index (χ0n) is 13.7. The Labute approximate surface area is 163 Å². The Morgan fingerprint density at radius 3 is 2.63 bits per heavy atom. The molecule has 0 amide bonds. The fraction of sp³-hybridized carbons (Fsp3) is 0.312. The number of aromatic nitrogens is 4. The summed E-state index contributed by atoms with van der Waals surface area (Å²) in [5.41, 5.74) is 1.48. The van der Waals surface area contributed by atoms with Crippen LogP contribution < -0.4 is 5.32 Å². The highest BCUT2D eigenvalue weighted by molar-refractivity contribution is 6.42. The number of aliphatic hydroxyl groups excluding tert-OH is 3. The maximum absolute atomic E-state index is 10.2. The van der Waals surface area contributed by atoms with Gasteiger partial charge in [0.15, 0.2) is 23.2 Å². The molecule has 4 atom stereocenters. The topological polar surface area (TPSA) is 126 Å². The number of hydrogen-bond donors (Lipinski definition) is 4. The number of nitrogens with zero attached hydrogens (tertiary/aromatic N) is 4. The second-order valence-electron chi connectivity index (χ2n) is 6.03. The Bertz CT molecular complexity index is 985. The molecule has 0 saturated carbocycles. The fourth-order valence-electron chi connectivity index (χ4n) is 2.95. The minimum Gasteiger partial charge on any atom is -0.394 e. The Balaban J connectivity index is 1.69. The number of ether oxygens (including phenoxy) is 1. The third-order valence-electron chi connectivity index (χ3n) is 4.33. The lowest BCUT2D eigenvalue weighted by atomic mass is 10.1. The standard InChI is InChI=1S/C16H15Cl2N5O4/c17-8-2-1-7(3-9(8)18)22-14-11-15(20-5-19-14)23(6-21-11)16-13(26)12(25)10(4-24)27-16/h1-3,5-6,10,12-13,16,24-26H,4H2,(H,19,20,22)/t10-,12-,13-,16-/m1/s1. The second-order valence-corrected chi connectivity index (χ2v) is 6.84. The molecule has 4 rings (SSSR count). The van der Waals surface area contributed by atoms with Crippen LogP contribution in [0, 0.1) is 0 Å². The molecule has 0 unspecified atom stereocenters. The maximum atomic E-state index is 10.2. The molecule has 27 heavy (non-hydrogen) atoms. The van der Waals surface area contributed by atoms with E-state index in [1.165, 1.54) is 17.2 Å². The second kappa shape index (κ2) is 7.19. The van der Waals surface area contributed by atoms with Crippen molar-refractivity contribution in [2.75, 3.05) is 11.9 Å². The Kier molecular flexibility index (Phi) is 4.89. The van der Waals surface area contributed by atoms with Crippen LogP contribution in [-0.2, 0) is 4.74 Å². The fourth-order valence-corrected chi connectivity index (χ4v) is 3.25. The van der Waals surface area contributed by atoms with Gasteiger partial charge in [0, 0.05) is 5.69 Å². The van der Waals surface area contributed by atoms with Gasteiger partial charge < -0.3 is 25.4 Å². The van der Waals surface area contributed by atoms with Crippen LogP contribution in [0.2, 0.25) is 10.0 Å². The first-order valence-electron chi connectivity index (χ1n) is 8.01. The summed E-state index contributed by atoms with van der Waals surface area (Å²) in [6, 6.07) is 5.05. The number of nitrogens with one attached hydrogen (secondary N) is 1. The van der Waals surface area contributed by atoms with Crippen molar-refractivity contribution in [3.63, 3.8) is 0 Å². The number of anilines is 2. The zero-order valence-corrected chi connectivity index (χ0v) is 15.2. The summed E-state index contributed by atoms with van der Waals surface area (Å²) in [5.74, 6) is 0.420. The summed E-state index contributed by atoms with van der Waals surface area (Å²) >= 11 is 12.0. The van der Waals surface area contributed by atoms with E-state index < -0.39 is 31.1 Å². The van der Waals surface area contributed by atoms with Crippen molar-refractivity contribution in [3.8, 4) is 0 Å². The Morgan fingerprint density at radius 2 is 1.93 bits per heavy atom. The monoisotopic (exact) mass is 411 g/mol. The minimum absolute atomic E-state index is 0.391. The van der Waals surface area contributed by atoms with Gasteiger partial charge in [-0.1, -0.05) is 23.2 Å². The van der Waals surface area contributed by atoms with Crippen molar-refractivity contribution >= 4 is 45.9 Å². The van der Waals surface area contributed by atoms with Gasteiger partial charge in [-0.3, -0.25) is 4.57 Å². The van der Waals surface area contributed by atoms with Crippen molar-refractivity contribution in [2.24, 2.45) is 0 Å². The molecule has 1 aliphatic rings. The quantitative estimate of drug-likeness (QED) is 0.508. The molecule has 1 aromatic carbocycles. The van der Waals surface area contributed by atoms with Crippen LogP contribution in [0.15, 0.2) is 30.9 Å². The van der Waals surface area contributed by atoms with Crippen molar-refractivity contribution in [3.05, 3.63) is 40.9 Å². The molecule has 0 bridgehead atoms. The lowest BCUT2D eigenvalue weighted by Gasteiger charge is -2.16. The largest absolute Gasteiger partial charge is 0.394 e. The summed E-state index contributed by atoms with van der Waals surface area (Å²) in [6.07, 6.45) is -1.51. The first-order chi connectivity index (χ1) is 13.0. The van der Waals surface area contributed by atoms with Crippen LogP contribution in [0.1, 0.15) is 6.23 Å². The molecule has 9 nitrogen and oxygen atoms in total. The van der Waals surface area contributed by atoms with E-state index >= 15 is 0 Å². The molecule has 3 heterocycles. The van der Waals surface area contributed by atoms with Gasteiger partial charge >= 0.3 is 0 Å². The number of hydrogen-bond acceptors (Lipinski definition) is 8. The third-order valence-corrected chi connectivity index (χ3v) is 5.07. The summed E-state index contributed by atoms with van der Waals surface area (Å²) in [7, 11) is 0. The van der Waals surface area contributed by atoms with E-state index in [0.29, 0.717) is 32.7 Å². The lowest BCUT2D eigenvalue weighted by Crippen LogP contribution is -2.33. The van der Waals surface area contributed by atoms with Crippen LogP contribution in [0.25, 0.3) is 11.2 Å². The molecular formula is C16H15Cl2N5O4. The van der Waals surface area contributed by atoms with Gasteiger partial charge in [0.05, 0.1) is 23.0 Å². The van der Waals surface area contributed by atoms with Gasteiger partial charge in [0.25, 0.3) is 0 Å². The van der Waals surface area contributed by atoms with E-state index in [1.54, 1.807) is 18.2 Å². The molecule has 4 N–H and O–H groups in total. The van der Waals surface area contributed by atoms with Gasteiger partial charge in [0.1, 0.15) is 24.6 Å². The highest BCUT2D eigenvalue weighted by atomic mass is 35.5. The van der Waals surface area contributed by atoms with Crippen LogP contribution >= 0.6 is 23.2 Å². The first-order valence-corrected chi connectivity index (χ1v) is 8.77. The highest BCUT2D eigenvalue weighted by Gasteiger charge is 2.44. The number of imidazole rings is 1. The first kappa shape index (κ1) is 18.4. The molecule has 2 aromatic heterocycles. The van der Waals surface area contributed by atoms with Crippen LogP contribution in [0.5, 0.6) is 0 Å². The Morgan fingerprint density at radius 1 is 1.11 bits per heavy atom. The van der Waals surface area contributed by atoms with Gasteiger partial charge in [-0.05, 0) is 18.2 Å². The average molecular weight is 412 g/mol. The van der Waals surface area contributed by atoms with E-state index in [4.69, 9.17) is 27.9 Å². The van der Waals surface area contributed by atoms with Crippen LogP contribution in [0.4, 0.5) is 11.5 Å². The molecule has 1 fully saturated rings. The van der Waals surface area contributed by atoms with E-state index in [1.807, 2.05) is 0 Å². The number of halogens is 2. The van der Waals surface area contributed by atoms with E-state index in [-0.39, 0.29) is 0 Å². The van der Waals surface area contributed by atoms with Gasteiger partial charge in [-0.15, -0.1) is 0 Å². The zero-order chi connectivity index (χ0) is 19.1. The Hall–Kier alpha value is -2.01. The predicted octanol–water partition coefficient (Wildman–Crippen LogP) is 1.49. The molecule has 0 radical (unpaired) electrons. The molecule has 0 aliphatic carbocycles. The number of aliphatic hydroxyl groups is 3. The molecule has 142 valence electrons. The predicted molar refractivity (Wildman–Crippen MR) is 98.1 cm³/mol. The molecule has 11 heteroatoms. The van der Waals surface area contributed by atoms with Crippen molar-refractivity contribution < 1.29 is 20.1 Å². The maximum Gasteiger partial charge on any atom is 0.167 e. The van der Waals surface area contributed by atoms with E-state index in [9.17, 15) is 15.3 Å². The lowest BCUT2D eigenvalue weighted by molar-refractivity contribution is -0.0511. The molecule has 0 spiro atoms.